The number of urea groups is 1. The van der Waals surface area contributed by atoms with Crippen LogP contribution >= 0.6 is 0 Å². The van der Waals surface area contributed by atoms with Crippen molar-refractivity contribution >= 4 is 12.0 Å². The van der Waals surface area contributed by atoms with Gasteiger partial charge in [-0.15, -0.1) is 0 Å². The lowest BCUT2D eigenvalue weighted by Gasteiger charge is -2.29. The van der Waals surface area contributed by atoms with Crippen molar-refractivity contribution in [2.45, 2.75) is 59.1 Å². The number of carbonyl (C=O) groups excluding carboxylic acids is 1. The zero-order valence-electron chi connectivity index (χ0n) is 13.7. The quantitative estimate of drug-likeness (QED) is 0.724. The number of carboxylic acid groups (broad SMARTS) is 1. The van der Waals surface area contributed by atoms with Gasteiger partial charge in [0.1, 0.15) is 0 Å². The zero-order chi connectivity index (χ0) is 16.3. The predicted octanol–water partition coefficient (Wildman–Crippen LogP) is 1.99. The second kappa shape index (κ2) is 6.64. The monoisotopic (exact) mass is 300 g/mol. The predicted molar refractivity (Wildman–Crippen MR) is 80.2 cm³/mol. The summed E-state index contributed by atoms with van der Waals surface area (Å²) < 4.78 is 5.46. The van der Waals surface area contributed by atoms with Gasteiger partial charge < -0.3 is 20.5 Å². The molecule has 0 radical (unpaired) electrons. The van der Waals surface area contributed by atoms with E-state index in [0.717, 1.165) is 6.42 Å². The molecule has 1 saturated heterocycles. The maximum atomic E-state index is 12.0. The molecular weight excluding hydrogens is 272 g/mol. The van der Waals surface area contributed by atoms with Crippen molar-refractivity contribution in [3.63, 3.8) is 0 Å². The number of hydrogen-bond acceptors (Lipinski definition) is 3. The van der Waals surface area contributed by atoms with Gasteiger partial charge in [0.2, 0.25) is 0 Å². The van der Waals surface area contributed by atoms with Crippen molar-refractivity contribution in [3.05, 3.63) is 0 Å². The smallest absolute Gasteiger partial charge is 0.315 e. The summed E-state index contributed by atoms with van der Waals surface area (Å²) in [7, 11) is 0. The van der Waals surface area contributed by atoms with Crippen molar-refractivity contribution in [2.24, 2.45) is 11.3 Å². The molecule has 3 N–H and O–H groups in total. The number of ether oxygens (including phenoxy) is 1. The molecule has 0 bridgehead atoms. The highest BCUT2D eigenvalue weighted by molar-refractivity contribution is 5.76. The molecule has 2 amide bonds. The van der Waals surface area contributed by atoms with Gasteiger partial charge in [0.25, 0.3) is 0 Å². The first-order valence-corrected chi connectivity index (χ1v) is 7.44. The van der Waals surface area contributed by atoms with E-state index in [9.17, 15) is 14.7 Å². The molecule has 0 aromatic carbocycles. The third kappa shape index (κ3) is 5.53. The Bertz CT molecular complexity index is 392. The Morgan fingerprint density at radius 3 is 2.48 bits per heavy atom. The molecule has 0 aliphatic carbocycles. The Morgan fingerprint density at radius 1 is 1.43 bits per heavy atom. The average molecular weight is 300 g/mol. The first-order valence-electron chi connectivity index (χ1n) is 7.44. The Labute approximate surface area is 126 Å². The van der Waals surface area contributed by atoms with Gasteiger partial charge >= 0.3 is 12.0 Å². The van der Waals surface area contributed by atoms with Crippen LogP contribution in [0.25, 0.3) is 0 Å². The van der Waals surface area contributed by atoms with Gasteiger partial charge in [-0.3, -0.25) is 4.79 Å². The minimum absolute atomic E-state index is 0.0481. The van der Waals surface area contributed by atoms with Crippen LogP contribution in [0.15, 0.2) is 0 Å². The van der Waals surface area contributed by atoms with E-state index >= 15 is 0 Å². The van der Waals surface area contributed by atoms with Crippen molar-refractivity contribution in [1.29, 1.82) is 0 Å². The number of amides is 2. The molecular formula is C15H28N2O4. The molecule has 6 nitrogen and oxygen atoms in total. The molecule has 1 heterocycles. The molecule has 0 aromatic rings. The summed E-state index contributed by atoms with van der Waals surface area (Å²) in [6.45, 7) is 10.6. The van der Waals surface area contributed by atoms with Crippen LogP contribution in [0.4, 0.5) is 4.79 Å². The van der Waals surface area contributed by atoms with E-state index < -0.39 is 17.4 Å². The largest absolute Gasteiger partial charge is 0.481 e. The lowest BCUT2D eigenvalue weighted by atomic mass is 9.84. The Morgan fingerprint density at radius 2 is 2.05 bits per heavy atom. The highest BCUT2D eigenvalue weighted by Gasteiger charge is 2.38. The van der Waals surface area contributed by atoms with Crippen LogP contribution < -0.4 is 10.6 Å². The number of carboxylic acids is 1. The molecule has 1 fully saturated rings. The summed E-state index contributed by atoms with van der Waals surface area (Å²) >= 11 is 0. The SMILES string of the molecule is CC1OCCC1(C)NC(=O)NCC(CC(C)(C)C)C(=O)O. The van der Waals surface area contributed by atoms with Crippen molar-refractivity contribution in [1.82, 2.24) is 10.6 Å². The third-order valence-electron chi connectivity index (χ3n) is 4.00. The number of nitrogens with one attached hydrogen (secondary N) is 2. The van der Waals surface area contributed by atoms with Gasteiger partial charge in [-0.2, -0.15) is 0 Å². The van der Waals surface area contributed by atoms with Gasteiger partial charge in [-0.1, -0.05) is 20.8 Å². The van der Waals surface area contributed by atoms with Gasteiger partial charge in [-0.25, -0.2) is 4.79 Å². The highest BCUT2D eigenvalue weighted by Crippen LogP contribution is 2.25. The van der Waals surface area contributed by atoms with E-state index in [4.69, 9.17) is 4.74 Å². The summed E-state index contributed by atoms with van der Waals surface area (Å²) in [6, 6.07) is -0.338. The molecule has 3 unspecified atom stereocenters. The summed E-state index contributed by atoms with van der Waals surface area (Å²) in [5, 5.41) is 14.8. The van der Waals surface area contributed by atoms with E-state index in [-0.39, 0.29) is 24.1 Å². The molecule has 3 atom stereocenters. The summed E-state index contributed by atoms with van der Waals surface area (Å²) in [5.41, 5.74) is -0.492. The number of carbonyl (C=O) groups is 2. The second-order valence-corrected chi connectivity index (χ2v) is 7.32. The van der Waals surface area contributed by atoms with E-state index in [1.807, 2.05) is 34.6 Å². The topological polar surface area (TPSA) is 87.7 Å². The van der Waals surface area contributed by atoms with Crippen LogP contribution in [0, 0.1) is 11.3 Å². The molecule has 0 spiro atoms. The van der Waals surface area contributed by atoms with Crippen molar-refractivity contribution < 1.29 is 19.4 Å². The molecule has 0 aromatic heterocycles. The van der Waals surface area contributed by atoms with E-state index in [0.29, 0.717) is 13.0 Å². The van der Waals surface area contributed by atoms with Crippen LogP contribution in [0.1, 0.15) is 47.5 Å². The van der Waals surface area contributed by atoms with E-state index in [2.05, 4.69) is 10.6 Å². The lowest BCUT2D eigenvalue weighted by Crippen LogP contribution is -2.54. The van der Waals surface area contributed by atoms with Crippen LogP contribution in [-0.2, 0) is 9.53 Å². The molecule has 122 valence electrons. The van der Waals surface area contributed by atoms with Gasteiger partial charge in [-0.05, 0) is 32.1 Å². The maximum absolute atomic E-state index is 12.0. The second-order valence-electron chi connectivity index (χ2n) is 7.32. The fourth-order valence-electron chi connectivity index (χ4n) is 2.50. The minimum atomic E-state index is -0.881. The molecule has 21 heavy (non-hydrogen) atoms. The Hall–Kier alpha value is -1.30. The van der Waals surface area contributed by atoms with Crippen LogP contribution in [0.2, 0.25) is 0 Å². The van der Waals surface area contributed by atoms with Gasteiger partial charge in [0.05, 0.1) is 17.6 Å². The van der Waals surface area contributed by atoms with Crippen LogP contribution in [0.5, 0.6) is 0 Å². The number of hydrogen-bond donors (Lipinski definition) is 3. The number of aliphatic carboxylic acids is 1. The first kappa shape index (κ1) is 17.8. The standard InChI is InChI=1S/C15H28N2O4/c1-10-15(5,6-7-21-10)17-13(20)16-9-11(12(18)19)8-14(2,3)4/h10-11H,6-9H2,1-5H3,(H,18,19)(H2,16,17,20). The zero-order valence-corrected chi connectivity index (χ0v) is 13.7. The van der Waals surface area contributed by atoms with Crippen LogP contribution in [-0.4, -0.2) is 41.9 Å². The number of rotatable bonds is 5. The fraction of sp³-hybridized carbons (Fsp3) is 0.867. The Kier molecular flexibility index (Phi) is 5.61. The molecule has 0 saturated carbocycles. The molecule has 1 rings (SSSR count). The molecule has 1 aliphatic heterocycles. The first-order chi connectivity index (χ1) is 9.53. The summed E-state index contributed by atoms with van der Waals surface area (Å²) in [5.74, 6) is -1.46. The summed E-state index contributed by atoms with van der Waals surface area (Å²) in [4.78, 5) is 23.2. The van der Waals surface area contributed by atoms with Gasteiger partial charge in [0, 0.05) is 13.2 Å². The lowest BCUT2D eigenvalue weighted by molar-refractivity contribution is -0.142. The highest BCUT2D eigenvalue weighted by atomic mass is 16.5. The fourth-order valence-corrected chi connectivity index (χ4v) is 2.50. The molecule has 6 heteroatoms. The average Bonchev–Trinajstić information content (AvgIpc) is 2.63. The maximum Gasteiger partial charge on any atom is 0.315 e. The van der Waals surface area contributed by atoms with E-state index in [1.165, 1.54) is 0 Å². The summed E-state index contributed by atoms with van der Waals surface area (Å²) in [6.07, 6.45) is 1.22. The molecule has 1 aliphatic rings. The van der Waals surface area contributed by atoms with Crippen molar-refractivity contribution in [3.8, 4) is 0 Å². The van der Waals surface area contributed by atoms with Crippen LogP contribution in [0.3, 0.4) is 0 Å². The van der Waals surface area contributed by atoms with E-state index in [1.54, 1.807) is 0 Å². The Balaban J connectivity index is 2.48. The van der Waals surface area contributed by atoms with Gasteiger partial charge in [0.15, 0.2) is 0 Å². The van der Waals surface area contributed by atoms with Crippen molar-refractivity contribution in [2.75, 3.05) is 13.2 Å². The third-order valence-corrected chi connectivity index (χ3v) is 4.00. The normalized spacial score (nSPS) is 27.2. The minimum Gasteiger partial charge on any atom is -0.481 e.